The van der Waals surface area contributed by atoms with Gasteiger partial charge in [-0.25, -0.2) is 9.97 Å². The van der Waals surface area contributed by atoms with Crippen LogP contribution in [-0.2, 0) is 4.79 Å². The predicted molar refractivity (Wildman–Crippen MR) is 110 cm³/mol. The summed E-state index contributed by atoms with van der Waals surface area (Å²) >= 11 is 0. The van der Waals surface area contributed by atoms with E-state index in [2.05, 4.69) is 32.0 Å². The summed E-state index contributed by atoms with van der Waals surface area (Å²) in [6.45, 7) is 4.25. The molecule has 1 amide bonds. The van der Waals surface area contributed by atoms with Crippen molar-refractivity contribution in [1.29, 1.82) is 0 Å². The van der Waals surface area contributed by atoms with Gasteiger partial charge in [0, 0.05) is 30.9 Å². The SMILES string of the molecule is CC(=O)Nc1cccc(Nc2cc(NCCC3=CCCCC3)nc(C)n2)c1. The van der Waals surface area contributed by atoms with E-state index in [9.17, 15) is 4.79 Å². The molecule has 1 aromatic carbocycles. The summed E-state index contributed by atoms with van der Waals surface area (Å²) in [5.74, 6) is 2.16. The number of carbonyl (C=O) groups excluding carboxylic acids is 1. The molecule has 0 saturated heterocycles. The Hall–Kier alpha value is -2.89. The first-order valence-electron chi connectivity index (χ1n) is 9.50. The number of allylic oxidation sites excluding steroid dienone is 1. The molecule has 0 bridgehead atoms. The molecule has 6 heteroatoms. The number of carbonyl (C=O) groups is 1. The van der Waals surface area contributed by atoms with Crippen molar-refractivity contribution in [2.75, 3.05) is 22.5 Å². The molecular formula is C21H27N5O. The summed E-state index contributed by atoms with van der Waals surface area (Å²) in [5, 5.41) is 9.48. The van der Waals surface area contributed by atoms with E-state index in [0.717, 1.165) is 36.0 Å². The van der Waals surface area contributed by atoms with Gasteiger partial charge < -0.3 is 16.0 Å². The number of rotatable bonds is 7. The first-order chi connectivity index (χ1) is 13.1. The number of aromatic nitrogens is 2. The molecule has 1 aliphatic carbocycles. The van der Waals surface area contributed by atoms with Crippen LogP contribution in [-0.4, -0.2) is 22.4 Å². The lowest BCUT2D eigenvalue weighted by Gasteiger charge is -2.14. The van der Waals surface area contributed by atoms with Crippen LogP contribution >= 0.6 is 0 Å². The summed E-state index contributed by atoms with van der Waals surface area (Å²) in [4.78, 5) is 20.2. The van der Waals surface area contributed by atoms with Gasteiger partial charge in [-0.3, -0.25) is 4.79 Å². The maximum atomic E-state index is 11.2. The van der Waals surface area contributed by atoms with Gasteiger partial charge >= 0.3 is 0 Å². The smallest absolute Gasteiger partial charge is 0.221 e. The Morgan fingerprint density at radius 1 is 1.11 bits per heavy atom. The molecular weight excluding hydrogens is 338 g/mol. The van der Waals surface area contributed by atoms with Crippen molar-refractivity contribution in [3.63, 3.8) is 0 Å². The van der Waals surface area contributed by atoms with E-state index in [1.165, 1.54) is 32.6 Å². The van der Waals surface area contributed by atoms with Gasteiger partial charge in [0.25, 0.3) is 0 Å². The van der Waals surface area contributed by atoms with E-state index >= 15 is 0 Å². The average Bonchev–Trinajstić information content (AvgIpc) is 2.62. The number of anilines is 4. The minimum atomic E-state index is -0.0930. The second kappa shape index (κ2) is 9.16. The maximum Gasteiger partial charge on any atom is 0.221 e. The number of amides is 1. The molecule has 0 fully saturated rings. The molecule has 1 aliphatic rings. The zero-order valence-electron chi connectivity index (χ0n) is 16.0. The zero-order valence-corrected chi connectivity index (χ0v) is 16.0. The highest BCUT2D eigenvalue weighted by Crippen LogP contribution is 2.22. The van der Waals surface area contributed by atoms with Gasteiger partial charge in [0.15, 0.2) is 0 Å². The fourth-order valence-electron chi connectivity index (χ4n) is 3.23. The van der Waals surface area contributed by atoms with E-state index in [4.69, 9.17) is 0 Å². The van der Waals surface area contributed by atoms with Crippen LogP contribution in [0.4, 0.5) is 23.0 Å². The zero-order chi connectivity index (χ0) is 19.1. The molecule has 1 aromatic heterocycles. The van der Waals surface area contributed by atoms with Crippen molar-refractivity contribution >= 4 is 28.9 Å². The van der Waals surface area contributed by atoms with Crippen molar-refractivity contribution < 1.29 is 4.79 Å². The standard InChI is InChI=1S/C21H27N5O/c1-15-23-20(22-12-11-17-7-4-3-5-8-17)14-21(24-15)26-19-10-6-9-18(13-19)25-16(2)27/h6-7,9-10,13-14H,3-5,8,11-12H2,1-2H3,(H,25,27)(H2,22,23,24,26). The monoisotopic (exact) mass is 365 g/mol. The van der Waals surface area contributed by atoms with Gasteiger partial charge in [-0.15, -0.1) is 0 Å². The van der Waals surface area contributed by atoms with Gasteiger partial charge in [-0.2, -0.15) is 0 Å². The third-order valence-electron chi connectivity index (χ3n) is 4.43. The highest BCUT2D eigenvalue weighted by molar-refractivity contribution is 5.89. The van der Waals surface area contributed by atoms with Crippen LogP contribution in [0, 0.1) is 6.92 Å². The van der Waals surface area contributed by atoms with E-state index in [1.54, 1.807) is 5.57 Å². The van der Waals surface area contributed by atoms with Crippen molar-refractivity contribution in [3.8, 4) is 0 Å². The molecule has 0 atom stereocenters. The Kier molecular flexibility index (Phi) is 6.41. The molecule has 1 heterocycles. The van der Waals surface area contributed by atoms with Crippen LogP contribution in [0.25, 0.3) is 0 Å². The van der Waals surface area contributed by atoms with Gasteiger partial charge in [0.1, 0.15) is 17.5 Å². The Morgan fingerprint density at radius 3 is 2.70 bits per heavy atom. The third kappa shape index (κ3) is 6.09. The lowest BCUT2D eigenvalue weighted by Crippen LogP contribution is -2.08. The number of benzene rings is 1. The van der Waals surface area contributed by atoms with E-state index < -0.39 is 0 Å². The summed E-state index contributed by atoms with van der Waals surface area (Å²) in [7, 11) is 0. The quantitative estimate of drug-likeness (QED) is 0.615. The Labute approximate surface area is 160 Å². The second-order valence-corrected chi connectivity index (χ2v) is 6.86. The third-order valence-corrected chi connectivity index (χ3v) is 4.43. The Bertz CT molecular complexity index is 831. The molecule has 6 nitrogen and oxygen atoms in total. The van der Waals surface area contributed by atoms with Crippen LogP contribution in [0.15, 0.2) is 42.0 Å². The fraction of sp³-hybridized carbons (Fsp3) is 0.381. The summed E-state index contributed by atoms with van der Waals surface area (Å²) in [5.41, 5.74) is 3.16. The lowest BCUT2D eigenvalue weighted by molar-refractivity contribution is -0.114. The first kappa shape index (κ1) is 18.9. The summed E-state index contributed by atoms with van der Waals surface area (Å²) in [6.07, 6.45) is 8.51. The summed E-state index contributed by atoms with van der Waals surface area (Å²) in [6, 6.07) is 9.46. The molecule has 0 unspecified atom stereocenters. The highest BCUT2D eigenvalue weighted by atomic mass is 16.1. The molecule has 142 valence electrons. The Balaban J connectivity index is 1.62. The van der Waals surface area contributed by atoms with Crippen LogP contribution in [0.1, 0.15) is 44.9 Å². The molecule has 0 saturated carbocycles. The topological polar surface area (TPSA) is 78.9 Å². The molecule has 3 N–H and O–H groups in total. The van der Waals surface area contributed by atoms with Gasteiger partial charge in [0.05, 0.1) is 0 Å². The van der Waals surface area contributed by atoms with Gasteiger partial charge in [-0.05, 0) is 57.2 Å². The molecule has 2 aromatic rings. The van der Waals surface area contributed by atoms with Gasteiger partial charge in [0.2, 0.25) is 5.91 Å². The minimum absolute atomic E-state index is 0.0930. The summed E-state index contributed by atoms with van der Waals surface area (Å²) < 4.78 is 0. The van der Waals surface area contributed by atoms with E-state index in [0.29, 0.717) is 5.82 Å². The van der Waals surface area contributed by atoms with Crippen LogP contribution in [0.5, 0.6) is 0 Å². The molecule has 0 radical (unpaired) electrons. The molecule has 0 aliphatic heterocycles. The number of hydrogen-bond acceptors (Lipinski definition) is 5. The van der Waals surface area contributed by atoms with Crippen molar-refractivity contribution in [3.05, 3.63) is 47.8 Å². The maximum absolute atomic E-state index is 11.2. The largest absolute Gasteiger partial charge is 0.370 e. The first-order valence-corrected chi connectivity index (χ1v) is 9.50. The van der Waals surface area contributed by atoms with Crippen LogP contribution in [0.3, 0.4) is 0 Å². The van der Waals surface area contributed by atoms with Gasteiger partial charge in [-0.1, -0.05) is 17.7 Å². The highest BCUT2D eigenvalue weighted by Gasteiger charge is 2.06. The number of nitrogens with one attached hydrogen (secondary N) is 3. The van der Waals surface area contributed by atoms with Crippen molar-refractivity contribution in [2.24, 2.45) is 0 Å². The predicted octanol–water partition coefficient (Wildman–Crippen LogP) is 4.79. The Morgan fingerprint density at radius 2 is 1.93 bits per heavy atom. The van der Waals surface area contributed by atoms with Crippen molar-refractivity contribution in [2.45, 2.75) is 46.0 Å². The molecule has 0 spiro atoms. The van der Waals surface area contributed by atoms with Crippen molar-refractivity contribution in [1.82, 2.24) is 9.97 Å². The minimum Gasteiger partial charge on any atom is -0.370 e. The van der Waals surface area contributed by atoms with E-state index in [1.807, 2.05) is 37.3 Å². The number of aryl methyl sites for hydroxylation is 1. The lowest BCUT2D eigenvalue weighted by atomic mass is 9.97. The number of nitrogens with zero attached hydrogens (tertiary/aromatic N) is 2. The van der Waals surface area contributed by atoms with Crippen LogP contribution in [0.2, 0.25) is 0 Å². The number of hydrogen-bond donors (Lipinski definition) is 3. The van der Waals surface area contributed by atoms with E-state index in [-0.39, 0.29) is 5.91 Å². The normalized spacial score (nSPS) is 13.6. The molecule has 27 heavy (non-hydrogen) atoms. The second-order valence-electron chi connectivity index (χ2n) is 6.86. The molecule has 3 rings (SSSR count). The fourth-order valence-corrected chi connectivity index (χ4v) is 3.23. The van der Waals surface area contributed by atoms with Crippen LogP contribution < -0.4 is 16.0 Å². The average molecular weight is 365 g/mol.